The van der Waals surface area contributed by atoms with Gasteiger partial charge in [0.05, 0.1) is 28.9 Å². The summed E-state index contributed by atoms with van der Waals surface area (Å²) in [4.78, 5) is 54.2. The van der Waals surface area contributed by atoms with Gasteiger partial charge in [-0.15, -0.1) is 0 Å². The van der Waals surface area contributed by atoms with Crippen molar-refractivity contribution in [3.05, 3.63) is 144 Å². The summed E-state index contributed by atoms with van der Waals surface area (Å²) >= 11 is 0. The van der Waals surface area contributed by atoms with Crippen LogP contribution in [0.5, 0.6) is 0 Å². The van der Waals surface area contributed by atoms with Gasteiger partial charge in [-0.3, -0.25) is 0 Å². The SMILES string of the molecule is O=C(OC[C@H]1O[C@H](O[C@@H]2[C@@H](O)[C@@H](O)[C@@H](CO)O[C@H]2O)[C@@H](OC(=O)c2ccccc2)[C@@H](OC(=O)c2ccccc2)[C@@H]1OC(=O)c1ccccc1)c1ccccc1. The summed E-state index contributed by atoms with van der Waals surface area (Å²) in [7, 11) is 0. The van der Waals surface area contributed by atoms with E-state index in [0.717, 1.165) is 0 Å². The Morgan fingerprint density at radius 2 is 0.909 bits per heavy atom. The Morgan fingerprint density at radius 1 is 0.491 bits per heavy atom. The van der Waals surface area contributed by atoms with E-state index in [9.17, 15) is 39.6 Å². The number of aliphatic hydroxyl groups is 4. The Bertz CT molecular complexity index is 1880. The maximum atomic E-state index is 13.8. The van der Waals surface area contributed by atoms with Gasteiger partial charge in [-0.05, 0) is 48.5 Å². The maximum absolute atomic E-state index is 13.8. The first kappa shape index (κ1) is 39.2. The standard InChI is InChI=1S/C40H38O15/c41-21-27-29(42)30(43)32(39(48)50-27)55-40-34(54-38(47)26-19-11-4-12-20-26)33(53-37(46)25-17-9-3-10-18-25)31(52-36(45)24-15-7-2-8-16-24)28(51-40)22-49-35(44)23-13-5-1-6-14-23/h1-20,27-34,39-43,48H,21-22H2/t27-,28-,29+,30+,31-,32-,33+,34+,39-,40-/m1/s1. The number of aliphatic hydroxyl groups excluding tert-OH is 4. The van der Waals surface area contributed by atoms with E-state index >= 15 is 0 Å². The average Bonchev–Trinajstić information content (AvgIpc) is 3.22. The van der Waals surface area contributed by atoms with Crippen molar-refractivity contribution in [3.63, 3.8) is 0 Å². The Morgan fingerprint density at radius 3 is 1.36 bits per heavy atom. The largest absolute Gasteiger partial charge is 0.459 e. The van der Waals surface area contributed by atoms with Crippen LogP contribution in [-0.2, 0) is 33.2 Å². The topological polar surface area (TPSA) is 214 Å². The predicted molar refractivity (Wildman–Crippen MR) is 187 cm³/mol. The first-order valence-corrected chi connectivity index (χ1v) is 17.3. The summed E-state index contributed by atoms with van der Waals surface area (Å²) in [6.45, 7) is -1.42. The van der Waals surface area contributed by atoms with Gasteiger partial charge in [-0.25, -0.2) is 19.2 Å². The highest BCUT2D eigenvalue weighted by molar-refractivity contribution is 5.91. The normalized spacial score (nSPS) is 27.6. The third kappa shape index (κ3) is 9.41. The summed E-state index contributed by atoms with van der Waals surface area (Å²) < 4.78 is 40.9. The van der Waals surface area contributed by atoms with Crippen LogP contribution >= 0.6 is 0 Å². The molecular formula is C40H38O15. The fourth-order valence-corrected chi connectivity index (χ4v) is 6.01. The van der Waals surface area contributed by atoms with Crippen molar-refractivity contribution in [2.75, 3.05) is 13.2 Å². The second-order valence-corrected chi connectivity index (χ2v) is 12.5. The van der Waals surface area contributed by atoms with Crippen molar-refractivity contribution >= 4 is 23.9 Å². The Hall–Kier alpha value is -5.52. The number of ether oxygens (including phenoxy) is 7. The molecular weight excluding hydrogens is 720 g/mol. The highest BCUT2D eigenvalue weighted by Gasteiger charge is 2.56. The van der Waals surface area contributed by atoms with Crippen molar-refractivity contribution < 1.29 is 72.8 Å². The van der Waals surface area contributed by atoms with Crippen LogP contribution in [0.15, 0.2) is 121 Å². The molecule has 0 bridgehead atoms. The van der Waals surface area contributed by atoms with Crippen LogP contribution in [0.25, 0.3) is 0 Å². The molecule has 15 nitrogen and oxygen atoms in total. The summed E-state index contributed by atoms with van der Waals surface area (Å²) in [5.41, 5.74) is 0.367. The van der Waals surface area contributed by atoms with Crippen LogP contribution in [0.4, 0.5) is 0 Å². The lowest BCUT2D eigenvalue weighted by Gasteiger charge is -2.47. The van der Waals surface area contributed by atoms with E-state index < -0.39 is 98.5 Å². The highest BCUT2D eigenvalue weighted by atomic mass is 16.8. The van der Waals surface area contributed by atoms with Gasteiger partial charge in [-0.2, -0.15) is 0 Å². The molecule has 288 valence electrons. The number of rotatable bonds is 12. The van der Waals surface area contributed by atoms with Gasteiger partial charge in [0.25, 0.3) is 0 Å². The minimum Gasteiger partial charge on any atom is -0.459 e. The lowest BCUT2D eigenvalue weighted by molar-refractivity contribution is -0.360. The molecule has 10 atom stereocenters. The number of esters is 4. The number of hydrogen-bond acceptors (Lipinski definition) is 15. The van der Waals surface area contributed by atoms with E-state index in [0.29, 0.717) is 0 Å². The van der Waals surface area contributed by atoms with Gasteiger partial charge in [0.1, 0.15) is 37.1 Å². The molecule has 0 radical (unpaired) electrons. The van der Waals surface area contributed by atoms with Crippen LogP contribution in [0.1, 0.15) is 41.4 Å². The summed E-state index contributed by atoms with van der Waals surface area (Å²) in [5, 5.41) is 42.1. The third-order valence-electron chi connectivity index (χ3n) is 8.87. The van der Waals surface area contributed by atoms with Gasteiger partial charge in [0.15, 0.2) is 30.9 Å². The van der Waals surface area contributed by atoms with E-state index in [4.69, 9.17) is 33.2 Å². The van der Waals surface area contributed by atoms with E-state index in [-0.39, 0.29) is 22.3 Å². The second-order valence-electron chi connectivity index (χ2n) is 12.5. The summed E-state index contributed by atoms with van der Waals surface area (Å²) in [6, 6.07) is 31.2. The molecule has 6 rings (SSSR count). The number of carbonyl (C=O) groups excluding carboxylic acids is 4. The molecule has 0 aromatic heterocycles. The molecule has 0 unspecified atom stereocenters. The molecule has 15 heteroatoms. The van der Waals surface area contributed by atoms with Gasteiger partial charge in [0.2, 0.25) is 0 Å². The van der Waals surface area contributed by atoms with Gasteiger partial charge in [0, 0.05) is 0 Å². The molecule has 4 aromatic rings. The molecule has 55 heavy (non-hydrogen) atoms. The Labute approximate surface area is 314 Å². The molecule has 2 aliphatic rings. The van der Waals surface area contributed by atoms with Gasteiger partial charge < -0.3 is 53.6 Å². The molecule has 0 saturated carbocycles. The molecule has 4 aromatic carbocycles. The van der Waals surface area contributed by atoms with Crippen molar-refractivity contribution in [2.24, 2.45) is 0 Å². The van der Waals surface area contributed by atoms with Crippen molar-refractivity contribution in [1.29, 1.82) is 0 Å². The van der Waals surface area contributed by atoms with Crippen LogP contribution in [0.3, 0.4) is 0 Å². The van der Waals surface area contributed by atoms with Crippen molar-refractivity contribution in [1.82, 2.24) is 0 Å². The molecule has 0 spiro atoms. The van der Waals surface area contributed by atoms with Crippen LogP contribution in [-0.4, -0.2) is 119 Å². The van der Waals surface area contributed by atoms with Crippen LogP contribution in [0, 0.1) is 0 Å². The first-order valence-electron chi connectivity index (χ1n) is 17.3. The zero-order valence-electron chi connectivity index (χ0n) is 29.0. The van der Waals surface area contributed by atoms with E-state index in [1.807, 2.05) is 0 Å². The quantitative estimate of drug-likeness (QED) is 0.120. The molecule has 2 fully saturated rings. The molecule has 0 amide bonds. The summed E-state index contributed by atoms with van der Waals surface area (Å²) in [5.74, 6) is -3.62. The maximum Gasteiger partial charge on any atom is 0.338 e. The molecule has 2 heterocycles. The van der Waals surface area contributed by atoms with E-state index in [1.165, 1.54) is 48.5 Å². The smallest absolute Gasteiger partial charge is 0.338 e. The zero-order chi connectivity index (χ0) is 38.9. The first-order chi connectivity index (χ1) is 26.6. The lowest BCUT2D eigenvalue weighted by Crippen LogP contribution is -2.66. The minimum atomic E-state index is -1.97. The predicted octanol–water partition coefficient (Wildman–Crippen LogP) is 2.06. The van der Waals surface area contributed by atoms with Gasteiger partial charge in [-0.1, -0.05) is 72.8 Å². The average molecular weight is 759 g/mol. The van der Waals surface area contributed by atoms with Crippen molar-refractivity contribution in [3.8, 4) is 0 Å². The number of hydrogen-bond donors (Lipinski definition) is 4. The fourth-order valence-electron chi connectivity index (χ4n) is 6.01. The molecule has 0 aliphatic carbocycles. The van der Waals surface area contributed by atoms with E-state index in [1.54, 1.807) is 72.8 Å². The van der Waals surface area contributed by atoms with E-state index in [2.05, 4.69) is 0 Å². The molecule has 4 N–H and O–H groups in total. The van der Waals surface area contributed by atoms with Gasteiger partial charge >= 0.3 is 23.9 Å². The molecule has 2 aliphatic heterocycles. The summed E-state index contributed by atoms with van der Waals surface area (Å²) in [6.07, 6.45) is -17.6. The zero-order valence-corrected chi connectivity index (χ0v) is 29.0. The van der Waals surface area contributed by atoms with Crippen LogP contribution < -0.4 is 0 Å². The van der Waals surface area contributed by atoms with Crippen LogP contribution in [0.2, 0.25) is 0 Å². The monoisotopic (exact) mass is 758 g/mol. The Kier molecular flexibility index (Phi) is 13.0. The minimum absolute atomic E-state index is 0.0495. The lowest BCUT2D eigenvalue weighted by atomic mass is 9.96. The third-order valence-corrected chi connectivity index (χ3v) is 8.87. The Balaban J connectivity index is 1.42. The fraction of sp³-hybridized carbons (Fsp3) is 0.300. The number of carbonyl (C=O) groups is 4. The van der Waals surface area contributed by atoms with Crippen molar-refractivity contribution in [2.45, 2.75) is 61.4 Å². The second kappa shape index (κ2) is 18.2. The number of benzene rings is 4. The molecule has 2 saturated heterocycles. The highest BCUT2D eigenvalue weighted by Crippen LogP contribution is 2.34.